The van der Waals surface area contributed by atoms with Gasteiger partial charge in [0.1, 0.15) is 11.8 Å². The predicted octanol–water partition coefficient (Wildman–Crippen LogP) is 2.81. The molecule has 0 fully saturated rings. The highest BCUT2D eigenvalue weighted by Gasteiger charge is 2.14. The quantitative estimate of drug-likeness (QED) is 0.711. The van der Waals surface area contributed by atoms with Gasteiger partial charge in [0.2, 0.25) is 0 Å². The molecule has 1 aromatic carbocycles. The molecule has 0 amide bonds. The lowest BCUT2D eigenvalue weighted by Gasteiger charge is -2.17. The third-order valence-corrected chi connectivity index (χ3v) is 2.68. The van der Waals surface area contributed by atoms with Crippen molar-refractivity contribution in [3.05, 3.63) is 29.8 Å². The van der Waals surface area contributed by atoms with Crippen LogP contribution in [0, 0.1) is 11.3 Å². The summed E-state index contributed by atoms with van der Waals surface area (Å²) in [5, 5.41) is 8.83. The highest BCUT2D eigenvalue weighted by molar-refractivity contribution is 6.76. The minimum atomic E-state index is -1.21. The summed E-state index contributed by atoms with van der Waals surface area (Å²) in [5.74, 6) is 0.706. The van der Waals surface area contributed by atoms with E-state index in [4.69, 9.17) is 10.00 Å². The zero-order valence-corrected chi connectivity index (χ0v) is 9.87. The lowest BCUT2D eigenvalue weighted by Crippen LogP contribution is -2.30. The SMILES string of the molecule is C[Si](C)(C)COc1ccccc1C#N. The summed E-state index contributed by atoms with van der Waals surface area (Å²) in [6.07, 6.45) is 0.756. The molecule has 74 valence electrons. The lowest BCUT2D eigenvalue weighted by atomic mass is 10.2. The van der Waals surface area contributed by atoms with Crippen LogP contribution >= 0.6 is 0 Å². The molecule has 3 heteroatoms. The Kier molecular flexibility index (Phi) is 3.31. The van der Waals surface area contributed by atoms with Crippen molar-refractivity contribution in [3.63, 3.8) is 0 Å². The number of hydrogen-bond acceptors (Lipinski definition) is 2. The normalized spacial score (nSPS) is 10.7. The van der Waals surface area contributed by atoms with Gasteiger partial charge in [-0.15, -0.1) is 0 Å². The molecule has 1 aromatic rings. The van der Waals surface area contributed by atoms with Crippen LogP contribution in [-0.4, -0.2) is 14.3 Å². The molecule has 0 saturated carbocycles. The van der Waals surface area contributed by atoms with Gasteiger partial charge in [-0.05, 0) is 12.1 Å². The number of nitriles is 1. The van der Waals surface area contributed by atoms with Gasteiger partial charge >= 0.3 is 0 Å². The minimum Gasteiger partial charge on any atom is -0.496 e. The third-order valence-electron chi connectivity index (χ3n) is 1.67. The Morgan fingerprint density at radius 1 is 1.29 bits per heavy atom. The first-order valence-electron chi connectivity index (χ1n) is 4.65. The monoisotopic (exact) mass is 205 g/mol. The highest BCUT2D eigenvalue weighted by atomic mass is 28.3. The average molecular weight is 205 g/mol. The summed E-state index contributed by atoms with van der Waals surface area (Å²) in [7, 11) is -1.21. The van der Waals surface area contributed by atoms with E-state index >= 15 is 0 Å². The Balaban J connectivity index is 2.73. The zero-order chi connectivity index (χ0) is 10.6. The van der Waals surface area contributed by atoms with E-state index in [2.05, 4.69) is 25.7 Å². The molecule has 0 bridgehead atoms. The zero-order valence-electron chi connectivity index (χ0n) is 8.87. The van der Waals surface area contributed by atoms with Gasteiger partial charge in [0.15, 0.2) is 0 Å². The lowest BCUT2D eigenvalue weighted by molar-refractivity contribution is 0.377. The smallest absolute Gasteiger partial charge is 0.136 e. The summed E-state index contributed by atoms with van der Waals surface area (Å²) in [4.78, 5) is 0. The van der Waals surface area contributed by atoms with E-state index in [0.717, 1.165) is 6.23 Å². The Morgan fingerprint density at radius 3 is 2.50 bits per heavy atom. The maximum Gasteiger partial charge on any atom is 0.136 e. The number of hydrogen-bond donors (Lipinski definition) is 0. The fraction of sp³-hybridized carbons (Fsp3) is 0.364. The van der Waals surface area contributed by atoms with Crippen molar-refractivity contribution in [3.8, 4) is 11.8 Å². The minimum absolute atomic E-state index is 0.616. The fourth-order valence-corrected chi connectivity index (χ4v) is 1.57. The van der Waals surface area contributed by atoms with Crippen molar-refractivity contribution in [2.75, 3.05) is 6.23 Å². The van der Waals surface area contributed by atoms with Crippen molar-refractivity contribution < 1.29 is 4.74 Å². The van der Waals surface area contributed by atoms with Crippen LogP contribution in [0.2, 0.25) is 19.6 Å². The maximum absolute atomic E-state index is 8.83. The van der Waals surface area contributed by atoms with Crippen molar-refractivity contribution in [1.82, 2.24) is 0 Å². The van der Waals surface area contributed by atoms with Crippen molar-refractivity contribution in [2.24, 2.45) is 0 Å². The van der Waals surface area contributed by atoms with Crippen LogP contribution in [0.4, 0.5) is 0 Å². The van der Waals surface area contributed by atoms with Gasteiger partial charge in [-0.25, -0.2) is 0 Å². The van der Waals surface area contributed by atoms with E-state index in [1.54, 1.807) is 6.07 Å². The number of ether oxygens (including phenoxy) is 1. The molecular formula is C11H15NOSi. The molecule has 0 N–H and O–H groups in total. The molecule has 0 saturated heterocycles. The number of rotatable bonds is 3. The van der Waals surface area contributed by atoms with E-state index in [1.165, 1.54) is 0 Å². The Morgan fingerprint density at radius 2 is 1.93 bits per heavy atom. The molecule has 2 nitrogen and oxygen atoms in total. The molecule has 0 radical (unpaired) electrons. The number of nitrogens with zero attached hydrogens (tertiary/aromatic N) is 1. The van der Waals surface area contributed by atoms with Crippen molar-refractivity contribution in [1.29, 1.82) is 5.26 Å². The summed E-state index contributed by atoms with van der Waals surface area (Å²) >= 11 is 0. The Hall–Kier alpha value is -1.27. The Bertz CT molecular complexity index is 349. The van der Waals surface area contributed by atoms with Gasteiger partial charge in [0.05, 0.1) is 19.9 Å². The molecule has 0 aromatic heterocycles. The summed E-state index contributed by atoms with van der Waals surface area (Å²) in [6.45, 7) is 6.71. The van der Waals surface area contributed by atoms with Gasteiger partial charge in [0.25, 0.3) is 0 Å². The van der Waals surface area contributed by atoms with Gasteiger partial charge in [-0.3, -0.25) is 0 Å². The largest absolute Gasteiger partial charge is 0.496 e. The average Bonchev–Trinajstić information content (AvgIpc) is 2.14. The summed E-state index contributed by atoms with van der Waals surface area (Å²) in [6, 6.07) is 9.48. The maximum atomic E-state index is 8.83. The van der Waals surface area contributed by atoms with E-state index in [9.17, 15) is 0 Å². The molecule has 0 heterocycles. The molecule has 0 aliphatic carbocycles. The molecule has 0 unspecified atom stereocenters. The van der Waals surface area contributed by atoms with Crippen LogP contribution in [0.15, 0.2) is 24.3 Å². The second-order valence-corrected chi connectivity index (χ2v) is 9.87. The van der Waals surface area contributed by atoms with E-state index in [1.807, 2.05) is 18.2 Å². The molecular weight excluding hydrogens is 190 g/mol. The van der Waals surface area contributed by atoms with Crippen molar-refractivity contribution >= 4 is 8.07 Å². The first-order chi connectivity index (χ1) is 6.53. The summed E-state index contributed by atoms with van der Waals surface area (Å²) < 4.78 is 5.63. The molecule has 0 aliphatic rings. The van der Waals surface area contributed by atoms with Crippen LogP contribution in [0.1, 0.15) is 5.56 Å². The molecule has 0 spiro atoms. The first-order valence-corrected chi connectivity index (χ1v) is 8.35. The Labute approximate surface area is 86.1 Å². The van der Waals surface area contributed by atoms with E-state index < -0.39 is 8.07 Å². The fourth-order valence-electron chi connectivity index (χ4n) is 0.979. The van der Waals surface area contributed by atoms with Crippen molar-refractivity contribution in [2.45, 2.75) is 19.6 Å². The van der Waals surface area contributed by atoms with Crippen LogP contribution in [0.3, 0.4) is 0 Å². The van der Waals surface area contributed by atoms with Crippen LogP contribution in [0.25, 0.3) is 0 Å². The van der Waals surface area contributed by atoms with Crippen LogP contribution < -0.4 is 4.74 Å². The van der Waals surface area contributed by atoms with Crippen LogP contribution in [-0.2, 0) is 0 Å². The predicted molar refractivity (Wildman–Crippen MR) is 60.0 cm³/mol. The standard InChI is InChI=1S/C11H15NOSi/c1-14(2,3)9-13-11-7-5-4-6-10(11)8-12/h4-7H,9H2,1-3H3. The molecule has 1 rings (SSSR count). The topological polar surface area (TPSA) is 33.0 Å². The molecule has 14 heavy (non-hydrogen) atoms. The molecule has 0 aliphatic heterocycles. The van der Waals surface area contributed by atoms with E-state index in [-0.39, 0.29) is 0 Å². The van der Waals surface area contributed by atoms with Crippen LogP contribution in [0.5, 0.6) is 5.75 Å². The first kappa shape index (κ1) is 10.8. The van der Waals surface area contributed by atoms with E-state index in [0.29, 0.717) is 11.3 Å². The van der Waals surface area contributed by atoms with Gasteiger partial charge < -0.3 is 4.74 Å². The second kappa shape index (κ2) is 4.29. The van der Waals surface area contributed by atoms with Gasteiger partial charge in [-0.2, -0.15) is 5.26 Å². The second-order valence-electron chi connectivity index (χ2n) is 4.46. The van der Waals surface area contributed by atoms with Gasteiger partial charge in [-0.1, -0.05) is 31.8 Å². The number of para-hydroxylation sites is 1. The number of benzene rings is 1. The third kappa shape index (κ3) is 3.23. The molecule has 0 atom stereocenters. The summed E-state index contributed by atoms with van der Waals surface area (Å²) in [5.41, 5.74) is 0.616. The van der Waals surface area contributed by atoms with Gasteiger partial charge in [0, 0.05) is 0 Å². The highest BCUT2D eigenvalue weighted by Crippen LogP contribution is 2.17.